The summed E-state index contributed by atoms with van der Waals surface area (Å²) in [6, 6.07) is 23.8. The van der Waals surface area contributed by atoms with E-state index in [1.807, 2.05) is 12.1 Å². The van der Waals surface area contributed by atoms with Crippen LogP contribution in [0.2, 0.25) is 10.0 Å². The van der Waals surface area contributed by atoms with Gasteiger partial charge in [-0.15, -0.1) is 0 Å². The molecular formula is C30H30Cl2N4. The van der Waals surface area contributed by atoms with E-state index in [-0.39, 0.29) is 0 Å². The average Bonchev–Trinajstić information content (AvgIpc) is 3.30. The van der Waals surface area contributed by atoms with Crippen molar-refractivity contribution in [3.05, 3.63) is 99.2 Å². The number of hydrogen-bond donors (Lipinski definition) is 0. The lowest BCUT2D eigenvalue weighted by Gasteiger charge is -2.36. The molecule has 3 aromatic carbocycles. The average molecular weight is 518 g/mol. The van der Waals surface area contributed by atoms with Gasteiger partial charge < -0.3 is 9.80 Å². The highest BCUT2D eigenvalue weighted by Gasteiger charge is 2.22. The zero-order valence-corrected chi connectivity index (χ0v) is 22.1. The number of aromatic nitrogens is 1. The van der Waals surface area contributed by atoms with Gasteiger partial charge in [-0.25, -0.2) is 0 Å². The number of hydrogen-bond acceptors (Lipinski definition) is 4. The first-order chi connectivity index (χ1) is 17.5. The van der Waals surface area contributed by atoms with E-state index in [1.54, 1.807) is 0 Å². The first-order valence-corrected chi connectivity index (χ1v) is 13.4. The molecule has 0 unspecified atom stereocenters. The Hall–Kier alpha value is -2.79. The molecule has 0 radical (unpaired) electrons. The zero-order chi connectivity index (χ0) is 24.6. The van der Waals surface area contributed by atoms with Crippen molar-refractivity contribution in [3.8, 4) is 0 Å². The fourth-order valence-electron chi connectivity index (χ4n) is 5.50. The van der Waals surface area contributed by atoms with Crippen LogP contribution in [0.4, 0.5) is 11.4 Å². The van der Waals surface area contributed by atoms with Crippen LogP contribution < -0.4 is 9.80 Å². The summed E-state index contributed by atoms with van der Waals surface area (Å²) in [5, 5.41) is 2.53. The number of benzene rings is 3. The molecule has 6 heteroatoms. The van der Waals surface area contributed by atoms with E-state index >= 15 is 0 Å². The van der Waals surface area contributed by atoms with E-state index in [4.69, 9.17) is 28.2 Å². The third kappa shape index (κ3) is 4.78. The summed E-state index contributed by atoms with van der Waals surface area (Å²) < 4.78 is 0. The molecule has 2 aliphatic heterocycles. The zero-order valence-electron chi connectivity index (χ0n) is 20.6. The molecule has 3 heterocycles. The summed E-state index contributed by atoms with van der Waals surface area (Å²) in [6.45, 7) is 9.14. The number of piperazine rings is 1. The van der Waals surface area contributed by atoms with Crippen molar-refractivity contribution in [2.75, 3.05) is 42.5 Å². The maximum absolute atomic E-state index is 6.24. The van der Waals surface area contributed by atoms with Crippen LogP contribution >= 0.6 is 23.2 Å². The Morgan fingerprint density at radius 2 is 1.50 bits per heavy atom. The van der Waals surface area contributed by atoms with Gasteiger partial charge in [-0.05, 0) is 78.6 Å². The third-order valence-corrected chi connectivity index (χ3v) is 8.24. The van der Waals surface area contributed by atoms with Crippen LogP contribution in [0, 0.1) is 6.92 Å². The van der Waals surface area contributed by atoms with Gasteiger partial charge in [0.15, 0.2) is 0 Å². The molecule has 2 aliphatic rings. The quantitative estimate of drug-likeness (QED) is 0.293. The summed E-state index contributed by atoms with van der Waals surface area (Å²) in [6.07, 6.45) is 1.06. The Bertz CT molecular complexity index is 1380. The van der Waals surface area contributed by atoms with E-state index in [0.717, 1.165) is 63.4 Å². The second kappa shape index (κ2) is 9.93. The molecular weight excluding hydrogens is 487 g/mol. The molecule has 184 valence electrons. The number of pyridine rings is 1. The summed E-state index contributed by atoms with van der Waals surface area (Å²) in [7, 11) is 0. The molecule has 0 atom stereocenters. The van der Waals surface area contributed by atoms with Crippen LogP contribution in [0.5, 0.6) is 0 Å². The Balaban J connectivity index is 1.06. The van der Waals surface area contributed by atoms with Crippen LogP contribution in [0.15, 0.2) is 66.7 Å². The lowest BCUT2D eigenvalue weighted by molar-refractivity contribution is 0.261. The van der Waals surface area contributed by atoms with E-state index < -0.39 is 0 Å². The Labute approximate surface area is 223 Å². The summed E-state index contributed by atoms with van der Waals surface area (Å²) in [4.78, 5) is 12.2. The predicted molar refractivity (Wildman–Crippen MR) is 152 cm³/mol. The topological polar surface area (TPSA) is 22.6 Å². The van der Waals surface area contributed by atoms with E-state index in [2.05, 4.69) is 76.2 Å². The molecule has 0 spiro atoms. The monoisotopic (exact) mass is 516 g/mol. The van der Waals surface area contributed by atoms with Crippen LogP contribution in [-0.2, 0) is 19.5 Å². The molecule has 1 fully saturated rings. The van der Waals surface area contributed by atoms with Crippen LogP contribution in [0.25, 0.3) is 10.9 Å². The van der Waals surface area contributed by atoms with Gasteiger partial charge >= 0.3 is 0 Å². The Morgan fingerprint density at radius 1 is 0.778 bits per heavy atom. The van der Waals surface area contributed by atoms with Crippen molar-refractivity contribution in [1.29, 1.82) is 0 Å². The number of fused-ring (bicyclic) bond motifs is 2. The maximum atomic E-state index is 6.24. The SMILES string of the molecule is Cc1ccc2c(N3CCN(CCc4cccc(N5Cc6cc(Cl)c(Cl)cc6C5)c4)CC3)cccc2n1. The van der Waals surface area contributed by atoms with Gasteiger partial charge in [0, 0.05) is 68.3 Å². The highest BCUT2D eigenvalue weighted by atomic mass is 35.5. The molecule has 4 nitrogen and oxygen atoms in total. The number of anilines is 2. The third-order valence-electron chi connectivity index (χ3n) is 7.52. The van der Waals surface area contributed by atoms with E-state index in [9.17, 15) is 0 Å². The number of rotatable bonds is 5. The van der Waals surface area contributed by atoms with Gasteiger partial charge in [0.1, 0.15) is 0 Å². The molecule has 6 rings (SSSR count). The normalized spacial score (nSPS) is 16.1. The largest absolute Gasteiger partial charge is 0.368 e. The fraction of sp³-hybridized carbons (Fsp3) is 0.300. The molecule has 0 amide bonds. The highest BCUT2D eigenvalue weighted by Crippen LogP contribution is 2.34. The standard InChI is InChI=1S/C30H30Cl2N4/c1-21-8-9-26-29(33-21)6-3-7-30(26)35-14-12-34(13-15-35)11-10-22-4-2-5-25(16-22)36-19-23-17-27(31)28(32)18-24(23)20-36/h2-9,16-18H,10-15,19-20H2,1H3. The molecule has 0 saturated carbocycles. The summed E-state index contributed by atoms with van der Waals surface area (Å²) in [5.41, 5.74) is 8.65. The van der Waals surface area contributed by atoms with Crippen molar-refractivity contribution < 1.29 is 0 Å². The molecule has 4 aromatic rings. The summed E-state index contributed by atoms with van der Waals surface area (Å²) in [5.74, 6) is 0. The first kappa shape index (κ1) is 23.6. The highest BCUT2D eigenvalue weighted by molar-refractivity contribution is 6.42. The van der Waals surface area contributed by atoms with Gasteiger partial charge in [0.2, 0.25) is 0 Å². The number of nitrogens with zero attached hydrogens (tertiary/aromatic N) is 4. The molecule has 1 saturated heterocycles. The van der Waals surface area contributed by atoms with E-state index in [1.165, 1.54) is 33.5 Å². The second-order valence-corrected chi connectivity index (χ2v) is 10.8. The lowest BCUT2D eigenvalue weighted by Crippen LogP contribution is -2.47. The lowest BCUT2D eigenvalue weighted by atomic mass is 10.1. The van der Waals surface area contributed by atoms with E-state index in [0.29, 0.717) is 10.0 Å². The van der Waals surface area contributed by atoms with Crippen molar-refractivity contribution in [2.45, 2.75) is 26.4 Å². The molecule has 0 bridgehead atoms. The Morgan fingerprint density at radius 3 is 2.25 bits per heavy atom. The number of halogens is 2. The summed E-state index contributed by atoms with van der Waals surface area (Å²) >= 11 is 12.5. The minimum Gasteiger partial charge on any atom is -0.368 e. The van der Waals surface area contributed by atoms with Crippen LogP contribution in [0.1, 0.15) is 22.4 Å². The molecule has 36 heavy (non-hydrogen) atoms. The van der Waals surface area contributed by atoms with Crippen molar-refractivity contribution in [2.24, 2.45) is 0 Å². The van der Waals surface area contributed by atoms with Gasteiger partial charge in [0.25, 0.3) is 0 Å². The fourth-order valence-corrected chi connectivity index (χ4v) is 5.87. The van der Waals surface area contributed by atoms with Crippen LogP contribution in [-0.4, -0.2) is 42.6 Å². The predicted octanol–water partition coefficient (Wildman–Crippen LogP) is 6.73. The van der Waals surface area contributed by atoms with Crippen LogP contribution in [0.3, 0.4) is 0 Å². The van der Waals surface area contributed by atoms with Crippen molar-refractivity contribution >= 4 is 45.5 Å². The Kier molecular flexibility index (Phi) is 6.51. The second-order valence-electron chi connectivity index (χ2n) is 9.94. The minimum atomic E-state index is 0.637. The first-order valence-electron chi connectivity index (χ1n) is 12.7. The number of aryl methyl sites for hydroxylation is 1. The minimum absolute atomic E-state index is 0.637. The maximum Gasteiger partial charge on any atom is 0.0726 e. The smallest absolute Gasteiger partial charge is 0.0726 e. The van der Waals surface area contributed by atoms with Gasteiger partial charge in [-0.1, -0.05) is 41.4 Å². The van der Waals surface area contributed by atoms with Crippen molar-refractivity contribution in [3.63, 3.8) is 0 Å². The van der Waals surface area contributed by atoms with Gasteiger partial charge in [0.05, 0.1) is 15.6 Å². The molecule has 0 aliphatic carbocycles. The van der Waals surface area contributed by atoms with Crippen molar-refractivity contribution in [1.82, 2.24) is 9.88 Å². The van der Waals surface area contributed by atoms with Gasteiger partial charge in [-0.3, -0.25) is 9.88 Å². The van der Waals surface area contributed by atoms with Gasteiger partial charge in [-0.2, -0.15) is 0 Å². The molecule has 1 aromatic heterocycles. The molecule has 0 N–H and O–H groups in total.